The van der Waals surface area contributed by atoms with Crippen molar-refractivity contribution in [3.8, 4) is 11.5 Å². The molecule has 9 heteroatoms. The van der Waals surface area contributed by atoms with Crippen molar-refractivity contribution < 1.29 is 19.1 Å². The maximum absolute atomic E-state index is 12.2. The van der Waals surface area contributed by atoms with Gasteiger partial charge in [0.15, 0.2) is 17.2 Å². The van der Waals surface area contributed by atoms with Crippen LogP contribution in [0.3, 0.4) is 0 Å². The lowest BCUT2D eigenvalue weighted by molar-refractivity contribution is -0.120. The van der Waals surface area contributed by atoms with Crippen LogP contribution in [0.4, 0.5) is 0 Å². The molecule has 1 aromatic heterocycles. The molecule has 0 bridgehead atoms. The molecule has 0 fully saturated rings. The lowest BCUT2D eigenvalue weighted by Gasteiger charge is -2.10. The second kappa shape index (κ2) is 11.5. The van der Waals surface area contributed by atoms with E-state index in [1.165, 1.54) is 4.68 Å². The molecule has 9 nitrogen and oxygen atoms in total. The standard InChI is InChI=1S/C23H27N5O4/c1-31-20-9-8-18(14-21(20)32-2)15-22(29)24-12-13-28-16-19(26-27-28)23(30)25-11-10-17-6-4-3-5-7-17/h3-9,14,16H,10-13,15H2,1-2H3,(H,24,29)(H,25,30). The summed E-state index contributed by atoms with van der Waals surface area (Å²) < 4.78 is 12.0. The normalized spacial score (nSPS) is 10.4. The maximum Gasteiger partial charge on any atom is 0.273 e. The number of hydrogen-bond donors (Lipinski definition) is 2. The molecule has 2 aromatic carbocycles. The van der Waals surface area contributed by atoms with E-state index in [1.54, 1.807) is 32.5 Å². The molecule has 2 amide bonds. The van der Waals surface area contributed by atoms with Crippen LogP contribution in [-0.4, -0.2) is 54.1 Å². The van der Waals surface area contributed by atoms with Crippen LogP contribution in [0.1, 0.15) is 21.6 Å². The first-order valence-electron chi connectivity index (χ1n) is 10.3. The van der Waals surface area contributed by atoms with E-state index < -0.39 is 0 Å². The van der Waals surface area contributed by atoms with E-state index in [0.717, 1.165) is 17.5 Å². The number of nitrogens with zero attached hydrogens (tertiary/aromatic N) is 3. The molecule has 0 saturated heterocycles. The van der Waals surface area contributed by atoms with Crippen LogP contribution in [0.2, 0.25) is 0 Å². The van der Waals surface area contributed by atoms with Gasteiger partial charge in [0.05, 0.1) is 33.4 Å². The SMILES string of the molecule is COc1ccc(CC(=O)NCCn2cc(C(=O)NCCc3ccccc3)nn2)cc1OC. The molecule has 32 heavy (non-hydrogen) atoms. The molecule has 0 unspecified atom stereocenters. The first-order valence-corrected chi connectivity index (χ1v) is 10.3. The molecule has 2 N–H and O–H groups in total. The topological polar surface area (TPSA) is 107 Å². The van der Waals surface area contributed by atoms with Gasteiger partial charge in [-0.1, -0.05) is 41.6 Å². The first kappa shape index (κ1) is 22.8. The minimum atomic E-state index is -0.273. The predicted octanol–water partition coefficient (Wildman–Crippen LogP) is 1.63. The number of aromatic nitrogens is 3. The summed E-state index contributed by atoms with van der Waals surface area (Å²) in [6.45, 7) is 1.29. The van der Waals surface area contributed by atoms with E-state index in [0.29, 0.717) is 31.1 Å². The van der Waals surface area contributed by atoms with Crippen molar-refractivity contribution in [2.24, 2.45) is 0 Å². The number of nitrogens with one attached hydrogen (secondary N) is 2. The van der Waals surface area contributed by atoms with E-state index in [9.17, 15) is 9.59 Å². The number of carbonyl (C=O) groups excluding carboxylic acids is 2. The van der Waals surface area contributed by atoms with Gasteiger partial charge < -0.3 is 20.1 Å². The number of rotatable bonds is 11. The van der Waals surface area contributed by atoms with Gasteiger partial charge in [0, 0.05) is 13.1 Å². The molecule has 0 radical (unpaired) electrons. The molecule has 0 aliphatic carbocycles. The Morgan fingerprint density at radius 2 is 1.72 bits per heavy atom. The zero-order chi connectivity index (χ0) is 22.8. The lowest BCUT2D eigenvalue weighted by atomic mass is 10.1. The van der Waals surface area contributed by atoms with Crippen molar-refractivity contribution in [2.45, 2.75) is 19.4 Å². The summed E-state index contributed by atoms with van der Waals surface area (Å²) >= 11 is 0. The van der Waals surface area contributed by atoms with Gasteiger partial charge in [-0.3, -0.25) is 9.59 Å². The average molecular weight is 438 g/mol. The molecule has 0 atom stereocenters. The van der Waals surface area contributed by atoms with Crippen molar-refractivity contribution in [2.75, 3.05) is 27.3 Å². The second-order valence-electron chi connectivity index (χ2n) is 7.07. The molecule has 0 spiro atoms. The zero-order valence-corrected chi connectivity index (χ0v) is 18.2. The third kappa shape index (κ3) is 6.56. The number of ether oxygens (including phenoxy) is 2. The largest absolute Gasteiger partial charge is 0.493 e. The van der Waals surface area contributed by atoms with Gasteiger partial charge >= 0.3 is 0 Å². The monoisotopic (exact) mass is 437 g/mol. The number of benzene rings is 2. The second-order valence-corrected chi connectivity index (χ2v) is 7.07. The minimum absolute atomic E-state index is 0.129. The summed E-state index contributed by atoms with van der Waals surface area (Å²) in [5, 5.41) is 13.5. The Morgan fingerprint density at radius 1 is 0.938 bits per heavy atom. The molecule has 1 heterocycles. The fourth-order valence-corrected chi connectivity index (χ4v) is 3.12. The van der Waals surface area contributed by atoms with Crippen LogP contribution in [0.15, 0.2) is 54.7 Å². The predicted molar refractivity (Wildman–Crippen MR) is 119 cm³/mol. The van der Waals surface area contributed by atoms with E-state index in [4.69, 9.17) is 9.47 Å². The minimum Gasteiger partial charge on any atom is -0.493 e. The summed E-state index contributed by atoms with van der Waals surface area (Å²) in [6.07, 6.45) is 2.53. The number of carbonyl (C=O) groups is 2. The van der Waals surface area contributed by atoms with Gasteiger partial charge in [-0.25, -0.2) is 4.68 Å². The maximum atomic E-state index is 12.2. The molecule has 0 aliphatic heterocycles. The molecular weight excluding hydrogens is 410 g/mol. The molecule has 3 rings (SSSR count). The Hall–Kier alpha value is -3.88. The Kier molecular flexibility index (Phi) is 8.19. The molecular formula is C23H27N5O4. The Morgan fingerprint density at radius 3 is 2.47 bits per heavy atom. The number of hydrogen-bond acceptors (Lipinski definition) is 6. The van der Waals surface area contributed by atoms with Gasteiger partial charge in [-0.15, -0.1) is 5.10 Å². The van der Waals surface area contributed by atoms with E-state index in [2.05, 4.69) is 20.9 Å². The van der Waals surface area contributed by atoms with Crippen LogP contribution >= 0.6 is 0 Å². The van der Waals surface area contributed by atoms with Crippen molar-refractivity contribution in [1.29, 1.82) is 0 Å². The Bertz CT molecular complexity index is 1040. The van der Waals surface area contributed by atoms with Crippen molar-refractivity contribution in [1.82, 2.24) is 25.6 Å². The van der Waals surface area contributed by atoms with Crippen LogP contribution in [-0.2, 0) is 24.2 Å². The third-order valence-corrected chi connectivity index (χ3v) is 4.79. The van der Waals surface area contributed by atoms with Gasteiger partial charge in [-0.2, -0.15) is 0 Å². The highest BCUT2D eigenvalue weighted by Gasteiger charge is 2.11. The van der Waals surface area contributed by atoms with E-state index in [-0.39, 0.29) is 23.9 Å². The van der Waals surface area contributed by atoms with Crippen molar-refractivity contribution in [3.05, 3.63) is 71.5 Å². The summed E-state index contributed by atoms with van der Waals surface area (Å²) in [4.78, 5) is 24.4. The highest BCUT2D eigenvalue weighted by molar-refractivity contribution is 5.91. The van der Waals surface area contributed by atoms with Crippen molar-refractivity contribution in [3.63, 3.8) is 0 Å². The third-order valence-electron chi connectivity index (χ3n) is 4.79. The molecule has 168 valence electrons. The number of methoxy groups -OCH3 is 2. The smallest absolute Gasteiger partial charge is 0.273 e. The summed E-state index contributed by atoms with van der Waals surface area (Å²) in [5.41, 5.74) is 2.21. The van der Waals surface area contributed by atoms with Gasteiger partial charge in [0.25, 0.3) is 5.91 Å². The molecule has 3 aromatic rings. The quantitative estimate of drug-likeness (QED) is 0.472. The molecule has 0 saturated carbocycles. The van der Waals surface area contributed by atoms with Crippen LogP contribution < -0.4 is 20.1 Å². The van der Waals surface area contributed by atoms with Gasteiger partial charge in [0.1, 0.15) is 0 Å². The fraction of sp³-hybridized carbons (Fsp3) is 0.304. The zero-order valence-electron chi connectivity index (χ0n) is 18.2. The van der Waals surface area contributed by atoms with Gasteiger partial charge in [-0.05, 0) is 29.7 Å². The highest BCUT2D eigenvalue weighted by Crippen LogP contribution is 2.27. The average Bonchev–Trinajstić information content (AvgIpc) is 3.28. The van der Waals surface area contributed by atoms with E-state index in [1.807, 2.05) is 36.4 Å². The fourth-order valence-electron chi connectivity index (χ4n) is 3.12. The van der Waals surface area contributed by atoms with Crippen LogP contribution in [0, 0.1) is 0 Å². The van der Waals surface area contributed by atoms with Crippen LogP contribution in [0.5, 0.6) is 11.5 Å². The summed E-state index contributed by atoms with van der Waals surface area (Å²) in [7, 11) is 3.12. The molecule has 0 aliphatic rings. The number of amides is 2. The summed E-state index contributed by atoms with van der Waals surface area (Å²) in [6, 6.07) is 15.3. The highest BCUT2D eigenvalue weighted by atomic mass is 16.5. The van der Waals surface area contributed by atoms with Gasteiger partial charge in [0.2, 0.25) is 5.91 Å². The first-order chi connectivity index (χ1) is 15.6. The van der Waals surface area contributed by atoms with Crippen LogP contribution in [0.25, 0.3) is 0 Å². The lowest BCUT2D eigenvalue weighted by Crippen LogP contribution is -2.28. The van der Waals surface area contributed by atoms with E-state index >= 15 is 0 Å². The van der Waals surface area contributed by atoms with Crippen molar-refractivity contribution >= 4 is 11.8 Å². The summed E-state index contributed by atoms with van der Waals surface area (Å²) in [5.74, 6) is 0.790. The Balaban J connectivity index is 1.40. The Labute approximate surface area is 186 Å².